The van der Waals surface area contributed by atoms with Crippen molar-refractivity contribution in [3.05, 3.63) is 63.9 Å². The molecule has 0 amide bonds. The molecular weight excluding hydrogens is 293 g/mol. The third-order valence-corrected chi connectivity index (χ3v) is 3.76. The van der Waals surface area contributed by atoms with Gasteiger partial charge in [-0.1, -0.05) is 41.4 Å². The highest BCUT2D eigenvalue weighted by atomic mass is 35.5. The molecule has 1 N–H and O–H groups in total. The van der Waals surface area contributed by atoms with Gasteiger partial charge in [-0.25, -0.2) is 0 Å². The number of hydrogen-bond acceptors (Lipinski definition) is 3. The molecular formula is C15H13Cl2N3. The highest BCUT2D eigenvalue weighted by molar-refractivity contribution is 6.42. The molecule has 0 fully saturated rings. The van der Waals surface area contributed by atoms with E-state index in [1.54, 1.807) is 18.5 Å². The predicted molar refractivity (Wildman–Crippen MR) is 80.5 cm³/mol. The SMILES string of the molecule is N#CCC(NCc1cccnc1)c1cccc(Cl)c1Cl. The van der Waals surface area contributed by atoms with Gasteiger partial charge < -0.3 is 5.32 Å². The summed E-state index contributed by atoms with van der Waals surface area (Å²) in [5.41, 5.74) is 1.89. The van der Waals surface area contributed by atoms with Gasteiger partial charge in [-0.15, -0.1) is 0 Å². The van der Waals surface area contributed by atoms with Crippen molar-refractivity contribution in [2.45, 2.75) is 19.0 Å². The van der Waals surface area contributed by atoms with E-state index in [0.717, 1.165) is 11.1 Å². The van der Waals surface area contributed by atoms with Gasteiger partial charge in [0.05, 0.1) is 22.5 Å². The second-order valence-electron chi connectivity index (χ2n) is 4.30. The van der Waals surface area contributed by atoms with E-state index in [0.29, 0.717) is 23.0 Å². The number of hydrogen-bond donors (Lipinski definition) is 1. The highest BCUT2D eigenvalue weighted by Crippen LogP contribution is 2.31. The van der Waals surface area contributed by atoms with Crippen molar-refractivity contribution in [1.82, 2.24) is 10.3 Å². The lowest BCUT2D eigenvalue weighted by Crippen LogP contribution is -2.21. The van der Waals surface area contributed by atoms with Crippen LogP contribution in [0.3, 0.4) is 0 Å². The summed E-state index contributed by atoms with van der Waals surface area (Å²) < 4.78 is 0. The fourth-order valence-electron chi connectivity index (χ4n) is 1.92. The summed E-state index contributed by atoms with van der Waals surface area (Å²) in [5, 5.41) is 13.3. The first-order valence-corrected chi connectivity index (χ1v) is 6.91. The number of nitriles is 1. The standard InChI is InChI=1S/C15H13Cl2N3/c16-13-5-1-4-12(15(13)17)14(6-7-18)20-10-11-3-2-8-19-9-11/h1-5,8-9,14,20H,6,10H2. The van der Waals surface area contributed by atoms with Crippen LogP contribution in [0, 0.1) is 11.3 Å². The second-order valence-corrected chi connectivity index (χ2v) is 5.09. The molecule has 0 aliphatic rings. The van der Waals surface area contributed by atoms with Gasteiger partial charge in [0, 0.05) is 25.0 Å². The van der Waals surface area contributed by atoms with E-state index in [9.17, 15) is 0 Å². The lowest BCUT2D eigenvalue weighted by molar-refractivity contribution is 0.542. The van der Waals surface area contributed by atoms with Crippen LogP contribution in [0.25, 0.3) is 0 Å². The Morgan fingerprint density at radius 1 is 1.25 bits per heavy atom. The summed E-state index contributed by atoms with van der Waals surface area (Å²) in [6.07, 6.45) is 3.83. The Morgan fingerprint density at radius 3 is 2.80 bits per heavy atom. The van der Waals surface area contributed by atoms with Crippen molar-refractivity contribution < 1.29 is 0 Å². The second kappa shape index (κ2) is 7.25. The normalized spacial score (nSPS) is 11.8. The molecule has 0 spiro atoms. The molecule has 0 aliphatic heterocycles. The van der Waals surface area contributed by atoms with Crippen molar-refractivity contribution in [1.29, 1.82) is 5.26 Å². The number of benzene rings is 1. The first-order valence-electron chi connectivity index (χ1n) is 6.15. The molecule has 1 unspecified atom stereocenters. The summed E-state index contributed by atoms with van der Waals surface area (Å²) in [7, 11) is 0. The van der Waals surface area contributed by atoms with Crippen molar-refractivity contribution in [3.63, 3.8) is 0 Å². The van der Waals surface area contributed by atoms with Crippen LogP contribution in [0.5, 0.6) is 0 Å². The zero-order chi connectivity index (χ0) is 14.4. The number of nitrogens with zero attached hydrogens (tertiary/aromatic N) is 2. The molecule has 5 heteroatoms. The maximum Gasteiger partial charge on any atom is 0.0641 e. The number of rotatable bonds is 5. The van der Waals surface area contributed by atoms with Gasteiger partial charge in [0.1, 0.15) is 0 Å². The molecule has 0 saturated heterocycles. The Balaban J connectivity index is 2.15. The molecule has 20 heavy (non-hydrogen) atoms. The Hall–Kier alpha value is -1.60. The van der Waals surface area contributed by atoms with Gasteiger partial charge in [-0.05, 0) is 23.3 Å². The highest BCUT2D eigenvalue weighted by Gasteiger charge is 2.15. The average molecular weight is 306 g/mol. The van der Waals surface area contributed by atoms with Gasteiger partial charge in [-0.3, -0.25) is 4.98 Å². The third kappa shape index (κ3) is 3.71. The van der Waals surface area contributed by atoms with E-state index >= 15 is 0 Å². The monoisotopic (exact) mass is 305 g/mol. The Morgan fingerprint density at radius 2 is 2.10 bits per heavy atom. The minimum atomic E-state index is -0.161. The van der Waals surface area contributed by atoms with Crippen LogP contribution < -0.4 is 5.32 Å². The minimum absolute atomic E-state index is 0.161. The molecule has 1 atom stereocenters. The van der Waals surface area contributed by atoms with E-state index in [-0.39, 0.29) is 6.04 Å². The van der Waals surface area contributed by atoms with Gasteiger partial charge >= 0.3 is 0 Å². The first kappa shape index (κ1) is 14.8. The van der Waals surface area contributed by atoms with Crippen LogP contribution in [0.15, 0.2) is 42.7 Å². The van der Waals surface area contributed by atoms with Gasteiger partial charge in [0.2, 0.25) is 0 Å². The maximum absolute atomic E-state index is 8.98. The zero-order valence-electron chi connectivity index (χ0n) is 10.7. The summed E-state index contributed by atoms with van der Waals surface area (Å²) >= 11 is 12.2. The van der Waals surface area contributed by atoms with Crippen LogP contribution in [0.1, 0.15) is 23.6 Å². The average Bonchev–Trinajstić information content (AvgIpc) is 2.48. The number of pyridine rings is 1. The Labute approximate surface area is 128 Å². The predicted octanol–water partition coefficient (Wildman–Crippen LogP) is 4.13. The lowest BCUT2D eigenvalue weighted by atomic mass is 10.0. The molecule has 0 aliphatic carbocycles. The molecule has 102 valence electrons. The largest absolute Gasteiger partial charge is 0.305 e. The van der Waals surface area contributed by atoms with E-state index in [2.05, 4.69) is 16.4 Å². The Kier molecular flexibility index (Phi) is 5.37. The van der Waals surface area contributed by atoms with Crippen molar-refractivity contribution in [3.8, 4) is 6.07 Å². The van der Waals surface area contributed by atoms with E-state index in [4.69, 9.17) is 28.5 Å². The topological polar surface area (TPSA) is 48.7 Å². The van der Waals surface area contributed by atoms with Crippen molar-refractivity contribution in [2.24, 2.45) is 0 Å². The number of halogens is 2. The molecule has 0 saturated carbocycles. The molecule has 1 aromatic carbocycles. The molecule has 0 radical (unpaired) electrons. The van der Waals surface area contributed by atoms with E-state index in [1.807, 2.05) is 24.3 Å². The van der Waals surface area contributed by atoms with Gasteiger partial charge in [0.25, 0.3) is 0 Å². The number of nitrogens with one attached hydrogen (secondary N) is 1. The molecule has 0 bridgehead atoms. The van der Waals surface area contributed by atoms with Crippen LogP contribution in [-0.2, 0) is 6.54 Å². The minimum Gasteiger partial charge on any atom is -0.305 e. The molecule has 1 aromatic heterocycles. The maximum atomic E-state index is 8.98. The summed E-state index contributed by atoms with van der Waals surface area (Å²) in [6.45, 7) is 0.614. The van der Waals surface area contributed by atoms with Crippen LogP contribution in [0.4, 0.5) is 0 Å². The fourth-order valence-corrected chi connectivity index (χ4v) is 2.36. The van der Waals surface area contributed by atoms with Crippen molar-refractivity contribution >= 4 is 23.2 Å². The summed E-state index contributed by atoms with van der Waals surface area (Å²) in [4.78, 5) is 4.06. The lowest BCUT2D eigenvalue weighted by Gasteiger charge is -2.18. The molecule has 1 heterocycles. The van der Waals surface area contributed by atoms with Crippen LogP contribution in [-0.4, -0.2) is 4.98 Å². The van der Waals surface area contributed by atoms with Gasteiger partial charge in [0.15, 0.2) is 0 Å². The Bertz CT molecular complexity index is 608. The molecule has 3 nitrogen and oxygen atoms in total. The summed E-state index contributed by atoms with van der Waals surface area (Å²) in [6, 6.07) is 11.3. The van der Waals surface area contributed by atoms with E-state index in [1.165, 1.54) is 0 Å². The van der Waals surface area contributed by atoms with Gasteiger partial charge in [-0.2, -0.15) is 5.26 Å². The van der Waals surface area contributed by atoms with Crippen LogP contribution >= 0.6 is 23.2 Å². The smallest absolute Gasteiger partial charge is 0.0641 e. The van der Waals surface area contributed by atoms with Crippen molar-refractivity contribution in [2.75, 3.05) is 0 Å². The first-order chi connectivity index (χ1) is 9.72. The van der Waals surface area contributed by atoms with E-state index < -0.39 is 0 Å². The fraction of sp³-hybridized carbons (Fsp3) is 0.200. The zero-order valence-corrected chi connectivity index (χ0v) is 12.2. The third-order valence-electron chi connectivity index (χ3n) is 2.93. The number of aromatic nitrogens is 1. The molecule has 2 rings (SSSR count). The summed E-state index contributed by atoms with van der Waals surface area (Å²) in [5.74, 6) is 0. The molecule has 2 aromatic rings. The van der Waals surface area contributed by atoms with Crippen LogP contribution in [0.2, 0.25) is 10.0 Å². The quantitative estimate of drug-likeness (QED) is 0.903.